The SMILES string of the molecule is Cc1ncc(CNC(=O)N2CCCCCC2C(=O)O)s1. The molecule has 110 valence electrons. The van der Waals surface area contributed by atoms with E-state index in [9.17, 15) is 14.7 Å². The van der Waals surface area contributed by atoms with Crippen LogP contribution in [-0.2, 0) is 11.3 Å². The lowest BCUT2D eigenvalue weighted by Gasteiger charge is -2.26. The number of nitrogens with zero attached hydrogens (tertiary/aromatic N) is 2. The minimum absolute atomic E-state index is 0.301. The van der Waals surface area contributed by atoms with Crippen molar-refractivity contribution in [1.82, 2.24) is 15.2 Å². The van der Waals surface area contributed by atoms with Crippen LogP contribution in [0.5, 0.6) is 0 Å². The third-order valence-corrected chi connectivity index (χ3v) is 4.29. The Morgan fingerprint density at radius 3 is 2.95 bits per heavy atom. The lowest BCUT2D eigenvalue weighted by atomic mass is 10.1. The van der Waals surface area contributed by atoms with Crippen LogP contribution in [0.4, 0.5) is 4.79 Å². The van der Waals surface area contributed by atoms with Gasteiger partial charge in [-0.1, -0.05) is 12.8 Å². The van der Waals surface area contributed by atoms with Gasteiger partial charge in [0.25, 0.3) is 0 Å². The molecule has 20 heavy (non-hydrogen) atoms. The predicted octanol–water partition coefficient (Wildman–Crippen LogP) is 1.99. The van der Waals surface area contributed by atoms with Crippen LogP contribution < -0.4 is 5.32 Å². The van der Waals surface area contributed by atoms with Crippen LogP contribution in [0, 0.1) is 6.92 Å². The molecular weight excluding hydrogens is 278 g/mol. The molecule has 2 heterocycles. The largest absolute Gasteiger partial charge is 0.480 e. The van der Waals surface area contributed by atoms with Crippen molar-refractivity contribution in [3.63, 3.8) is 0 Å². The molecule has 1 aromatic heterocycles. The number of urea groups is 1. The van der Waals surface area contributed by atoms with Gasteiger partial charge in [-0.3, -0.25) is 0 Å². The number of thiazole rings is 1. The third-order valence-electron chi connectivity index (χ3n) is 3.38. The van der Waals surface area contributed by atoms with E-state index < -0.39 is 12.0 Å². The first kappa shape index (κ1) is 14.8. The van der Waals surface area contributed by atoms with Crippen LogP contribution in [-0.4, -0.2) is 39.6 Å². The van der Waals surface area contributed by atoms with Crippen molar-refractivity contribution in [2.45, 2.75) is 45.2 Å². The number of aromatic nitrogens is 1. The molecule has 2 rings (SSSR count). The number of carboxylic acid groups (broad SMARTS) is 1. The van der Waals surface area contributed by atoms with Crippen molar-refractivity contribution in [3.8, 4) is 0 Å². The average molecular weight is 297 g/mol. The standard InChI is InChI=1S/C13H19N3O3S/c1-9-14-7-10(20-9)8-15-13(19)16-6-4-2-3-5-11(16)12(17)18/h7,11H,2-6,8H2,1H3,(H,15,19)(H,17,18). The fourth-order valence-corrected chi connectivity index (χ4v) is 3.09. The molecule has 1 fully saturated rings. The predicted molar refractivity (Wildman–Crippen MR) is 75.7 cm³/mol. The monoisotopic (exact) mass is 297 g/mol. The maximum absolute atomic E-state index is 12.2. The van der Waals surface area contributed by atoms with Crippen molar-refractivity contribution < 1.29 is 14.7 Å². The number of likely N-dealkylation sites (tertiary alicyclic amines) is 1. The lowest BCUT2D eigenvalue weighted by Crippen LogP contribution is -2.49. The number of aryl methyl sites for hydroxylation is 1. The number of carboxylic acids is 1. The zero-order valence-electron chi connectivity index (χ0n) is 11.5. The Hall–Kier alpha value is -1.63. The topological polar surface area (TPSA) is 82.5 Å². The van der Waals surface area contributed by atoms with Crippen molar-refractivity contribution >= 4 is 23.3 Å². The summed E-state index contributed by atoms with van der Waals surface area (Å²) in [6, 6.07) is -1.01. The zero-order chi connectivity index (χ0) is 14.5. The summed E-state index contributed by atoms with van der Waals surface area (Å²) in [5.74, 6) is -0.921. The quantitative estimate of drug-likeness (QED) is 0.894. The van der Waals surface area contributed by atoms with E-state index in [0.29, 0.717) is 19.5 Å². The summed E-state index contributed by atoms with van der Waals surface area (Å²) in [7, 11) is 0. The van der Waals surface area contributed by atoms with Gasteiger partial charge in [0.05, 0.1) is 11.6 Å². The summed E-state index contributed by atoms with van der Waals surface area (Å²) < 4.78 is 0. The Morgan fingerprint density at radius 2 is 2.30 bits per heavy atom. The molecule has 1 aliphatic heterocycles. The molecule has 0 spiro atoms. The molecule has 1 aromatic rings. The second-order valence-electron chi connectivity index (χ2n) is 4.90. The second-order valence-corrected chi connectivity index (χ2v) is 6.22. The highest BCUT2D eigenvalue weighted by Crippen LogP contribution is 2.17. The van der Waals surface area contributed by atoms with Crippen molar-refractivity contribution in [2.24, 2.45) is 0 Å². The van der Waals surface area contributed by atoms with Crippen LogP contribution in [0.3, 0.4) is 0 Å². The van der Waals surface area contributed by atoms with Crippen LogP contribution >= 0.6 is 11.3 Å². The minimum atomic E-state index is -0.921. The first-order valence-corrected chi connectivity index (χ1v) is 7.58. The molecule has 7 heteroatoms. The van der Waals surface area contributed by atoms with Gasteiger partial charge in [-0.25, -0.2) is 14.6 Å². The highest BCUT2D eigenvalue weighted by atomic mass is 32.1. The van der Waals surface area contributed by atoms with Crippen LogP contribution in [0.2, 0.25) is 0 Å². The summed E-state index contributed by atoms with van der Waals surface area (Å²) >= 11 is 1.53. The summed E-state index contributed by atoms with van der Waals surface area (Å²) in [5, 5.41) is 13.0. The highest BCUT2D eigenvalue weighted by Gasteiger charge is 2.30. The smallest absolute Gasteiger partial charge is 0.326 e. The number of rotatable bonds is 3. The molecule has 1 unspecified atom stereocenters. The number of carbonyl (C=O) groups excluding carboxylic acids is 1. The molecule has 0 radical (unpaired) electrons. The van der Waals surface area contributed by atoms with Crippen molar-refractivity contribution in [3.05, 3.63) is 16.1 Å². The molecule has 1 saturated heterocycles. The maximum Gasteiger partial charge on any atom is 0.326 e. The van der Waals surface area contributed by atoms with Gasteiger partial charge in [-0.05, 0) is 19.8 Å². The number of nitrogens with one attached hydrogen (secondary N) is 1. The van der Waals surface area contributed by atoms with E-state index >= 15 is 0 Å². The normalized spacial score (nSPS) is 19.4. The molecule has 6 nitrogen and oxygen atoms in total. The first-order valence-electron chi connectivity index (χ1n) is 6.76. The van der Waals surface area contributed by atoms with Gasteiger partial charge in [0.2, 0.25) is 0 Å². The zero-order valence-corrected chi connectivity index (χ0v) is 12.3. The molecule has 1 atom stereocenters. The molecule has 2 N–H and O–H groups in total. The van der Waals surface area contributed by atoms with Gasteiger partial charge in [0, 0.05) is 17.6 Å². The molecule has 0 saturated carbocycles. The average Bonchev–Trinajstić information content (AvgIpc) is 2.68. The fourth-order valence-electron chi connectivity index (χ4n) is 2.36. The van der Waals surface area contributed by atoms with E-state index in [0.717, 1.165) is 29.1 Å². The van der Waals surface area contributed by atoms with Crippen molar-refractivity contribution in [1.29, 1.82) is 0 Å². The molecule has 2 amide bonds. The summed E-state index contributed by atoms with van der Waals surface area (Å²) in [6.07, 6.45) is 4.95. The van der Waals surface area contributed by atoms with Crippen LogP contribution in [0.15, 0.2) is 6.20 Å². The van der Waals surface area contributed by atoms with Gasteiger partial charge in [-0.2, -0.15) is 0 Å². The number of carbonyl (C=O) groups is 2. The Labute approximate surface area is 121 Å². The summed E-state index contributed by atoms with van der Waals surface area (Å²) in [4.78, 5) is 30.0. The van der Waals surface area contributed by atoms with Crippen molar-refractivity contribution in [2.75, 3.05) is 6.54 Å². The molecule has 0 bridgehead atoms. The second kappa shape index (κ2) is 6.69. The van der Waals surface area contributed by atoms with E-state index in [4.69, 9.17) is 0 Å². The number of hydrogen-bond donors (Lipinski definition) is 2. The highest BCUT2D eigenvalue weighted by molar-refractivity contribution is 7.11. The number of aliphatic carboxylic acids is 1. The Kier molecular flexibility index (Phi) is 4.94. The van der Waals surface area contributed by atoms with Gasteiger partial charge in [0.1, 0.15) is 6.04 Å². The summed E-state index contributed by atoms with van der Waals surface area (Å²) in [6.45, 7) is 2.81. The number of hydrogen-bond acceptors (Lipinski definition) is 4. The molecular formula is C13H19N3O3S. The van der Waals surface area contributed by atoms with E-state index in [2.05, 4.69) is 10.3 Å². The maximum atomic E-state index is 12.2. The Morgan fingerprint density at radius 1 is 1.50 bits per heavy atom. The number of amides is 2. The van der Waals surface area contributed by atoms with E-state index in [1.54, 1.807) is 6.20 Å². The van der Waals surface area contributed by atoms with E-state index in [1.165, 1.54) is 16.2 Å². The van der Waals surface area contributed by atoms with E-state index in [1.807, 2.05) is 6.92 Å². The minimum Gasteiger partial charge on any atom is -0.480 e. The van der Waals surface area contributed by atoms with Crippen LogP contribution in [0.25, 0.3) is 0 Å². The third kappa shape index (κ3) is 3.69. The van der Waals surface area contributed by atoms with Gasteiger partial charge in [-0.15, -0.1) is 11.3 Å². The van der Waals surface area contributed by atoms with Crippen LogP contribution in [0.1, 0.15) is 35.6 Å². The Balaban J connectivity index is 1.96. The molecule has 0 aromatic carbocycles. The fraction of sp³-hybridized carbons (Fsp3) is 0.615. The molecule has 0 aliphatic carbocycles. The Bertz CT molecular complexity index is 489. The lowest BCUT2D eigenvalue weighted by molar-refractivity contribution is -0.142. The first-order chi connectivity index (χ1) is 9.58. The van der Waals surface area contributed by atoms with Gasteiger partial charge >= 0.3 is 12.0 Å². The summed E-state index contributed by atoms with van der Waals surface area (Å²) in [5.41, 5.74) is 0. The van der Waals surface area contributed by atoms with Gasteiger partial charge < -0.3 is 15.3 Å². The molecule has 1 aliphatic rings. The van der Waals surface area contributed by atoms with E-state index in [-0.39, 0.29) is 6.03 Å². The van der Waals surface area contributed by atoms with Gasteiger partial charge in [0.15, 0.2) is 0 Å².